The third-order valence-electron chi connectivity index (χ3n) is 5.08. The standard InChI is InChI=1S/C22H20FN3O2/c1-3-14(2)25(22(27)28)21-20-18-7-5-4-6-15(18)8-13-19(20)24-26(21)17-11-9-16(23)10-12-17/h4-14H,3H2,1-2H3,(H,27,28). The zero-order valence-corrected chi connectivity index (χ0v) is 15.6. The maximum absolute atomic E-state index is 13.5. The van der Waals surface area contributed by atoms with Crippen LogP contribution in [0.25, 0.3) is 27.4 Å². The number of amides is 1. The molecular weight excluding hydrogens is 357 g/mol. The molecule has 0 fully saturated rings. The number of anilines is 1. The van der Waals surface area contributed by atoms with E-state index in [0.717, 1.165) is 16.2 Å². The average molecular weight is 377 g/mol. The molecule has 0 radical (unpaired) electrons. The molecule has 1 atom stereocenters. The van der Waals surface area contributed by atoms with Crippen molar-refractivity contribution in [1.29, 1.82) is 0 Å². The minimum atomic E-state index is -1.05. The van der Waals surface area contributed by atoms with Crippen LogP contribution in [-0.4, -0.2) is 27.0 Å². The highest BCUT2D eigenvalue weighted by atomic mass is 19.1. The number of nitrogens with zero attached hydrogens (tertiary/aromatic N) is 3. The molecule has 1 heterocycles. The predicted octanol–water partition coefficient (Wildman–Crippen LogP) is 5.60. The first-order valence-corrected chi connectivity index (χ1v) is 9.20. The molecule has 28 heavy (non-hydrogen) atoms. The van der Waals surface area contributed by atoms with Gasteiger partial charge in [-0.2, -0.15) is 5.10 Å². The van der Waals surface area contributed by atoms with Gasteiger partial charge in [-0.25, -0.2) is 13.9 Å². The van der Waals surface area contributed by atoms with E-state index in [2.05, 4.69) is 5.10 Å². The molecule has 0 aliphatic carbocycles. The van der Waals surface area contributed by atoms with E-state index in [1.807, 2.05) is 50.2 Å². The minimum absolute atomic E-state index is 0.254. The molecule has 1 amide bonds. The highest BCUT2D eigenvalue weighted by molar-refractivity contribution is 6.14. The van der Waals surface area contributed by atoms with E-state index in [4.69, 9.17) is 0 Å². The fraction of sp³-hybridized carbons (Fsp3) is 0.182. The molecule has 142 valence electrons. The van der Waals surface area contributed by atoms with Gasteiger partial charge in [0.05, 0.1) is 16.6 Å². The normalized spacial score (nSPS) is 12.4. The van der Waals surface area contributed by atoms with Crippen LogP contribution in [0.1, 0.15) is 20.3 Å². The lowest BCUT2D eigenvalue weighted by Crippen LogP contribution is -2.38. The van der Waals surface area contributed by atoms with E-state index >= 15 is 0 Å². The SMILES string of the molecule is CCC(C)N(C(=O)O)c1c2c(ccc3ccccc32)nn1-c1ccc(F)cc1. The van der Waals surface area contributed by atoms with Gasteiger partial charge in [-0.05, 0) is 54.4 Å². The Labute approximate surface area is 161 Å². The smallest absolute Gasteiger partial charge is 0.413 e. The summed E-state index contributed by atoms with van der Waals surface area (Å²) in [5.74, 6) is 0.115. The van der Waals surface area contributed by atoms with Gasteiger partial charge in [-0.15, -0.1) is 0 Å². The maximum atomic E-state index is 13.5. The second kappa shape index (κ2) is 6.96. The van der Waals surface area contributed by atoms with Crippen LogP contribution in [-0.2, 0) is 0 Å². The third-order valence-corrected chi connectivity index (χ3v) is 5.08. The summed E-state index contributed by atoms with van der Waals surface area (Å²) in [5.41, 5.74) is 1.29. The molecule has 5 nitrogen and oxygen atoms in total. The molecule has 0 bridgehead atoms. The Balaban J connectivity index is 2.12. The summed E-state index contributed by atoms with van der Waals surface area (Å²) in [6, 6.07) is 17.3. The van der Waals surface area contributed by atoms with E-state index in [-0.39, 0.29) is 11.9 Å². The number of hydrogen-bond donors (Lipinski definition) is 1. The highest BCUT2D eigenvalue weighted by Crippen LogP contribution is 2.36. The van der Waals surface area contributed by atoms with Crippen LogP contribution in [0, 0.1) is 5.82 Å². The molecule has 0 saturated carbocycles. The first-order chi connectivity index (χ1) is 13.5. The van der Waals surface area contributed by atoms with E-state index in [1.54, 1.807) is 16.8 Å². The van der Waals surface area contributed by atoms with Crippen molar-refractivity contribution in [1.82, 2.24) is 9.78 Å². The van der Waals surface area contributed by atoms with Crippen LogP contribution in [0.2, 0.25) is 0 Å². The van der Waals surface area contributed by atoms with E-state index in [1.165, 1.54) is 17.0 Å². The largest absolute Gasteiger partial charge is 0.465 e. The lowest BCUT2D eigenvalue weighted by molar-refractivity contribution is 0.199. The Bertz CT molecular complexity index is 1170. The Kier molecular flexibility index (Phi) is 4.47. The van der Waals surface area contributed by atoms with Crippen molar-refractivity contribution in [3.63, 3.8) is 0 Å². The van der Waals surface area contributed by atoms with Gasteiger partial charge in [-0.1, -0.05) is 37.3 Å². The lowest BCUT2D eigenvalue weighted by atomic mass is 10.1. The van der Waals surface area contributed by atoms with Gasteiger partial charge < -0.3 is 5.11 Å². The van der Waals surface area contributed by atoms with Crippen molar-refractivity contribution in [3.05, 3.63) is 66.5 Å². The number of rotatable bonds is 4. The van der Waals surface area contributed by atoms with Crippen LogP contribution in [0.4, 0.5) is 15.0 Å². The second-order valence-corrected chi connectivity index (χ2v) is 6.80. The van der Waals surface area contributed by atoms with Crippen LogP contribution >= 0.6 is 0 Å². The molecule has 1 unspecified atom stereocenters. The molecule has 0 spiro atoms. The fourth-order valence-corrected chi connectivity index (χ4v) is 3.49. The van der Waals surface area contributed by atoms with Gasteiger partial charge in [0.15, 0.2) is 5.82 Å². The van der Waals surface area contributed by atoms with Gasteiger partial charge in [0.25, 0.3) is 0 Å². The first kappa shape index (κ1) is 18.0. The zero-order valence-electron chi connectivity index (χ0n) is 15.6. The van der Waals surface area contributed by atoms with Crippen LogP contribution in [0.5, 0.6) is 0 Å². The summed E-state index contributed by atoms with van der Waals surface area (Å²) in [4.78, 5) is 13.6. The Morgan fingerprint density at radius 3 is 2.54 bits per heavy atom. The summed E-state index contributed by atoms with van der Waals surface area (Å²) in [5, 5.41) is 17.4. The number of aromatic nitrogens is 2. The van der Waals surface area contributed by atoms with Crippen molar-refractivity contribution in [2.75, 3.05) is 4.90 Å². The molecule has 4 aromatic rings. The third kappa shape index (κ3) is 2.87. The Hall–Kier alpha value is -3.41. The molecule has 6 heteroatoms. The summed E-state index contributed by atoms with van der Waals surface area (Å²) >= 11 is 0. The number of hydrogen-bond acceptors (Lipinski definition) is 2. The van der Waals surface area contributed by atoms with Crippen molar-refractivity contribution < 1.29 is 14.3 Å². The highest BCUT2D eigenvalue weighted by Gasteiger charge is 2.28. The second-order valence-electron chi connectivity index (χ2n) is 6.80. The number of benzene rings is 3. The van der Waals surface area contributed by atoms with Gasteiger partial charge >= 0.3 is 6.09 Å². The average Bonchev–Trinajstić information content (AvgIpc) is 3.08. The predicted molar refractivity (Wildman–Crippen MR) is 109 cm³/mol. The summed E-state index contributed by atoms with van der Waals surface area (Å²) < 4.78 is 15.0. The van der Waals surface area contributed by atoms with E-state index < -0.39 is 6.09 Å². The van der Waals surface area contributed by atoms with Crippen LogP contribution in [0.3, 0.4) is 0 Å². The van der Waals surface area contributed by atoms with Crippen molar-refractivity contribution in [2.24, 2.45) is 0 Å². The van der Waals surface area contributed by atoms with Gasteiger partial charge in [0.2, 0.25) is 0 Å². The lowest BCUT2D eigenvalue weighted by Gasteiger charge is -2.26. The summed E-state index contributed by atoms with van der Waals surface area (Å²) in [6.07, 6.45) is -0.403. The van der Waals surface area contributed by atoms with Gasteiger partial charge in [0, 0.05) is 6.04 Å². The number of fused-ring (bicyclic) bond motifs is 3. The first-order valence-electron chi connectivity index (χ1n) is 9.20. The molecule has 0 aliphatic heterocycles. The van der Waals surface area contributed by atoms with Crippen molar-refractivity contribution in [3.8, 4) is 5.69 Å². The molecule has 0 aliphatic rings. The quantitative estimate of drug-likeness (QED) is 0.503. The molecular formula is C22H20FN3O2. The van der Waals surface area contributed by atoms with Crippen molar-refractivity contribution in [2.45, 2.75) is 26.3 Å². The minimum Gasteiger partial charge on any atom is -0.465 e. The van der Waals surface area contributed by atoms with Gasteiger partial charge in [-0.3, -0.25) is 4.90 Å². The number of halogens is 1. The van der Waals surface area contributed by atoms with E-state index in [0.29, 0.717) is 23.4 Å². The molecule has 0 saturated heterocycles. The fourth-order valence-electron chi connectivity index (χ4n) is 3.49. The van der Waals surface area contributed by atoms with E-state index in [9.17, 15) is 14.3 Å². The summed E-state index contributed by atoms with van der Waals surface area (Å²) in [7, 11) is 0. The van der Waals surface area contributed by atoms with Crippen molar-refractivity contribution >= 4 is 33.6 Å². The molecule has 4 rings (SSSR count). The Morgan fingerprint density at radius 2 is 1.86 bits per heavy atom. The zero-order chi connectivity index (χ0) is 19.8. The number of carboxylic acid groups (broad SMARTS) is 1. The molecule has 1 aromatic heterocycles. The maximum Gasteiger partial charge on any atom is 0.413 e. The molecule has 3 aromatic carbocycles. The van der Waals surface area contributed by atoms with Crippen LogP contribution < -0.4 is 4.90 Å². The van der Waals surface area contributed by atoms with Crippen LogP contribution in [0.15, 0.2) is 60.7 Å². The van der Waals surface area contributed by atoms with Gasteiger partial charge in [0.1, 0.15) is 5.82 Å². The topological polar surface area (TPSA) is 58.4 Å². The summed E-state index contributed by atoms with van der Waals surface area (Å²) in [6.45, 7) is 3.81. The molecule has 1 N–H and O–H groups in total. The monoisotopic (exact) mass is 377 g/mol. The Morgan fingerprint density at radius 1 is 1.14 bits per heavy atom. The number of carbonyl (C=O) groups is 1.